The Morgan fingerprint density at radius 2 is 1.52 bits per heavy atom. The summed E-state index contributed by atoms with van der Waals surface area (Å²) < 4.78 is 7.69. The van der Waals surface area contributed by atoms with Crippen molar-refractivity contribution in [1.82, 2.24) is 19.3 Å². The average Bonchev–Trinajstić information content (AvgIpc) is 3.31. The Morgan fingerprint density at radius 3 is 2.25 bits per heavy atom. The first-order valence-electron chi connectivity index (χ1n) is 16.4. The molecule has 0 bridgehead atoms. The van der Waals surface area contributed by atoms with E-state index in [1.165, 1.54) is 35.9 Å². The largest absolute Gasteiger partial charge is 0.378 e. The van der Waals surface area contributed by atoms with Gasteiger partial charge in [-0.1, -0.05) is 69.5 Å². The highest BCUT2D eigenvalue weighted by molar-refractivity contribution is 6.03. The number of aldehydes is 1. The fourth-order valence-corrected chi connectivity index (χ4v) is 7.36. The quantitative estimate of drug-likeness (QED) is 0.338. The molecule has 44 heavy (non-hydrogen) atoms. The number of amides is 3. The van der Waals surface area contributed by atoms with Crippen molar-refractivity contribution in [2.24, 2.45) is 0 Å². The van der Waals surface area contributed by atoms with Gasteiger partial charge in [-0.3, -0.25) is 9.59 Å². The number of piperazine rings is 1. The van der Waals surface area contributed by atoms with Gasteiger partial charge in [0.15, 0.2) is 0 Å². The minimum atomic E-state index is 0.0173. The van der Waals surface area contributed by atoms with Crippen LogP contribution in [0.5, 0.6) is 0 Å². The molecule has 8 nitrogen and oxygen atoms in total. The van der Waals surface area contributed by atoms with Crippen LogP contribution in [0.3, 0.4) is 0 Å². The molecular weight excluding hydrogens is 552 g/mol. The van der Waals surface area contributed by atoms with Crippen LogP contribution in [-0.2, 0) is 16.1 Å². The van der Waals surface area contributed by atoms with Crippen LogP contribution in [0.4, 0.5) is 4.79 Å². The van der Waals surface area contributed by atoms with Crippen LogP contribution in [-0.4, -0.2) is 90.0 Å². The number of carbonyl (C=O) groups excluding carboxylic acids is 3. The van der Waals surface area contributed by atoms with Crippen molar-refractivity contribution in [2.45, 2.75) is 58.4 Å². The summed E-state index contributed by atoms with van der Waals surface area (Å²) in [6, 6.07) is 14.5. The van der Waals surface area contributed by atoms with Gasteiger partial charge in [-0.2, -0.15) is 0 Å². The lowest BCUT2D eigenvalue weighted by Crippen LogP contribution is -2.55. The number of carbonyl (C=O) groups is 3. The molecule has 4 heterocycles. The van der Waals surface area contributed by atoms with Crippen LogP contribution >= 0.6 is 0 Å². The molecule has 0 radical (unpaired) electrons. The Labute approximate surface area is 260 Å². The summed E-state index contributed by atoms with van der Waals surface area (Å²) in [6.07, 6.45) is 9.04. The Balaban J connectivity index is 0.00000168. The van der Waals surface area contributed by atoms with Crippen molar-refractivity contribution in [3.8, 4) is 11.3 Å². The van der Waals surface area contributed by atoms with Crippen LogP contribution in [0.15, 0.2) is 48.0 Å². The third-order valence-corrected chi connectivity index (χ3v) is 9.55. The smallest absolute Gasteiger partial charge is 0.320 e. The number of urea groups is 1. The second kappa shape index (κ2) is 13.4. The first-order chi connectivity index (χ1) is 21.6. The number of benzene rings is 2. The van der Waals surface area contributed by atoms with E-state index >= 15 is 0 Å². The third kappa shape index (κ3) is 5.68. The monoisotopic (exact) mass is 596 g/mol. The second-order valence-corrected chi connectivity index (χ2v) is 12.0. The van der Waals surface area contributed by atoms with Gasteiger partial charge in [-0.25, -0.2) is 4.79 Å². The topological polar surface area (TPSA) is 75.1 Å². The number of hydrogen-bond acceptors (Lipinski definition) is 4. The van der Waals surface area contributed by atoms with E-state index in [2.05, 4.69) is 34.9 Å². The number of fused-ring (bicyclic) bond motifs is 5. The van der Waals surface area contributed by atoms with Gasteiger partial charge in [0.05, 0.1) is 25.5 Å². The predicted molar refractivity (Wildman–Crippen MR) is 174 cm³/mol. The third-order valence-electron chi connectivity index (χ3n) is 9.55. The molecule has 2 aromatic carbocycles. The van der Waals surface area contributed by atoms with Gasteiger partial charge in [0.2, 0.25) is 0 Å². The minimum absolute atomic E-state index is 0.0173. The Morgan fingerprint density at radius 1 is 0.841 bits per heavy atom. The Hall–Kier alpha value is -3.91. The van der Waals surface area contributed by atoms with Gasteiger partial charge in [0.1, 0.15) is 6.29 Å². The standard InChI is InChI=1S/C34H38N4O4.C2H6/c39-23-24-10-11-29-30(20-24)38-22-27(33(40)35-12-14-36(15-13-35)34(41)37-16-18-42-19-17-37)21-26-8-4-5-9-28(26)32(38)31(29)25-6-2-1-3-7-25;1-2/h4-5,8-11,20-21,23,25H,1-3,6-7,12-19,22H2;1-2H3. The highest BCUT2D eigenvalue weighted by atomic mass is 16.5. The van der Waals surface area contributed by atoms with Gasteiger partial charge >= 0.3 is 6.03 Å². The summed E-state index contributed by atoms with van der Waals surface area (Å²) in [5.41, 5.74) is 7.15. The summed E-state index contributed by atoms with van der Waals surface area (Å²) in [5.74, 6) is 0.478. The molecule has 0 spiro atoms. The number of rotatable bonds is 3. The van der Waals surface area contributed by atoms with Crippen molar-refractivity contribution in [3.63, 3.8) is 0 Å². The lowest BCUT2D eigenvalue weighted by Gasteiger charge is -2.38. The average molecular weight is 597 g/mol. The van der Waals surface area contributed by atoms with E-state index < -0.39 is 0 Å². The highest BCUT2D eigenvalue weighted by Crippen LogP contribution is 2.46. The number of ether oxygens (including phenoxy) is 1. The van der Waals surface area contributed by atoms with Crippen LogP contribution in [0, 0.1) is 0 Å². The summed E-state index contributed by atoms with van der Waals surface area (Å²) in [7, 11) is 0. The lowest BCUT2D eigenvalue weighted by atomic mass is 9.81. The van der Waals surface area contributed by atoms with Gasteiger partial charge in [-0.15, -0.1) is 0 Å². The van der Waals surface area contributed by atoms with Crippen LogP contribution in [0.25, 0.3) is 28.2 Å². The normalized spacial score (nSPS) is 18.9. The van der Waals surface area contributed by atoms with E-state index in [0.29, 0.717) is 70.5 Å². The molecule has 0 N–H and O–H groups in total. The van der Waals surface area contributed by atoms with Crippen molar-refractivity contribution < 1.29 is 19.1 Å². The van der Waals surface area contributed by atoms with Crippen molar-refractivity contribution in [1.29, 1.82) is 0 Å². The molecule has 7 rings (SSSR count). The molecule has 232 valence electrons. The zero-order chi connectivity index (χ0) is 30.6. The fraction of sp³-hybridized carbons (Fsp3) is 0.472. The van der Waals surface area contributed by atoms with E-state index in [4.69, 9.17) is 4.74 Å². The number of hydrogen-bond donors (Lipinski definition) is 0. The fourth-order valence-electron chi connectivity index (χ4n) is 7.36. The zero-order valence-electron chi connectivity index (χ0n) is 26.1. The predicted octanol–water partition coefficient (Wildman–Crippen LogP) is 6.19. The van der Waals surface area contributed by atoms with E-state index in [1.54, 1.807) is 0 Å². The Kier molecular flexibility index (Phi) is 9.17. The van der Waals surface area contributed by atoms with Crippen molar-refractivity contribution in [3.05, 3.63) is 64.7 Å². The molecule has 0 atom stereocenters. The molecule has 8 heteroatoms. The first-order valence-corrected chi connectivity index (χ1v) is 16.4. The van der Waals surface area contributed by atoms with Crippen LogP contribution < -0.4 is 0 Å². The number of nitrogens with zero attached hydrogens (tertiary/aromatic N) is 4. The summed E-state index contributed by atoms with van der Waals surface area (Å²) in [6.45, 7) is 8.90. The highest BCUT2D eigenvalue weighted by Gasteiger charge is 2.33. The summed E-state index contributed by atoms with van der Waals surface area (Å²) >= 11 is 0. The van der Waals surface area contributed by atoms with Gasteiger partial charge in [-0.05, 0) is 42.0 Å². The lowest BCUT2D eigenvalue weighted by molar-refractivity contribution is -0.128. The number of aromatic nitrogens is 1. The van der Waals surface area contributed by atoms with Crippen LogP contribution in [0.1, 0.15) is 73.4 Å². The molecule has 1 aromatic heterocycles. The number of morpholine rings is 1. The second-order valence-electron chi connectivity index (χ2n) is 12.0. The van der Waals surface area contributed by atoms with Gasteiger partial charge in [0.25, 0.3) is 5.91 Å². The molecule has 3 amide bonds. The van der Waals surface area contributed by atoms with E-state index in [-0.39, 0.29) is 11.9 Å². The molecule has 0 unspecified atom stereocenters. The van der Waals surface area contributed by atoms with Crippen molar-refractivity contribution >= 4 is 35.2 Å². The molecule has 2 saturated heterocycles. The van der Waals surface area contributed by atoms with E-state index in [9.17, 15) is 14.4 Å². The van der Waals surface area contributed by atoms with Gasteiger partial charge in [0, 0.05) is 66.9 Å². The van der Waals surface area contributed by atoms with Crippen LogP contribution in [0.2, 0.25) is 0 Å². The summed E-state index contributed by atoms with van der Waals surface area (Å²) in [5, 5.41) is 1.20. The Bertz CT molecular complexity index is 1550. The van der Waals surface area contributed by atoms with E-state index in [0.717, 1.165) is 41.3 Å². The first kappa shape index (κ1) is 30.1. The van der Waals surface area contributed by atoms with Gasteiger partial charge < -0.3 is 24.0 Å². The molecule has 4 aliphatic rings. The zero-order valence-corrected chi connectivity index (χ0v) is 26.1. The maximum atomic E-state index is 14.1. The molecule has 3 aliphatic heterocycles. The molecule has 1 saturated carbocycles. The minimum Gasteiger partial charge on any atom is -0.378 e. The van der Waals surface area contributed by atoms with Crippen molar-refractivity contribution in [2.75, 3.05) is 52.5 Å². The maximum absolute atomic E-state index is 14.1. The van der Waals surface area contributed by atoms with E-state index in [1.807, 2.05) is 46.7 Å². The molecule has 1 aliphatic carbocycles. The molecular formula is C36H44N4O4. The maximum Gasteiger partial charge on any atom is 0.320 e. The molecule has 3 aromatic rings. The SMILES string of the molecule is CC.O=Cc1ccc2c(C3CCCCC3)c3n(c2c1)CC(C(=O)N1CCN(C(=O)N2CCOCC2)CC1)=Cc1ccccc1-3. The summed E-state index contributed by atoms with van der Waals surface area (Å²) in [4.78, 5) is 44.6. The molecule has 3 fully saturated rings.